The lowest BCUT2D eigenvalue weighted by molar-refractivity contribution is 0.173. The van der Waals surface area contributed by atoms with Crippen LogP contribution in [0.4, 0.5) is 4.79 Å². The molecule has 0 aromatic heterocycles. The summed E-state index contributed by atoms with van der Waals surface area (Å²) in [5.41, 5.74) is 0. The van der Waals surface area contributed by atoms with Crippen molar-refractivity contribution in [1.29, 1.82) is 0 Å². The van der Waals surface area contributed by atoms with Gasteiger partial charge in [0.1, 0.15) is 0 Å². The van der Waals surface area contributed by atoms with Gasteiger partial charge in [-0.1, -0.05) is 6.92 Å². The number of rotatable bonds is 6. The molecule has 5 heteroatoms. The fraction of sp³-hybridized carbons (Fsp3) is 0.941. The molecule has 128 valence electrons. The molecule has 0 aromatic carbocycles. The van der Waals surface area contributed by atoms with Gasteiger partial charge in [0, 0.05) is 19.2 Å². The third-order valence-electron chi connectivity index (χ3n) is 5.43. The van der Waals surface area contributed by atoms with Crippen LogP contribution in [0.1, 0.15) is 51.9 Å². The second-order valence-corrected chi connectivity index (χ2v) is 6.97. The van der Waals surface area contributed by atoms with Gasteiger partial charge in [-0.2, -0.15) is 0 Å². The summed E-state index contributed by atoms with van der Waals surface area (Å²) in [6.07, 6.45) is 7.67. The fourth-order valence-corrected chi connectivity index (χ4v) is 3.71. The average Bonchev–Trinajstić information content (AvgIpc) is 2.56. The predicted octanol–water partition coefficient (Wildman–Crippen LogP) is 1.96. The lowest BCUT2D eigenvalue weighted by Gasteiger charge is -2.31. The zero-order chi connectivity index (χ0) is 15.8. The first-order chi connectivity index (χ1) is 10.7. The molecule has 0 aromatic rings. The van der Waals surface area contributed by atoms with Crippen LogP contribution < -0.4 is 10.6 Å². The van der Waals surface area contributed by atoms with Crippen molar-refractivity contribution >= 4 is 6.03 Å². The van der Waals surface area contributed by atoms with E-state index in [1.165, 1.54) is 25.9 Å². The first-order valence-electron chi connectivity index (χ1n) is 9.08. The lowest BCUT2D eigenvalue weighted by atomic mass is 9.87. The zero-order valence-electron chi connectivity index (χ0n) is 14.0. The molecule has 1 heterocycles. The lowest BCUT2D eigenvalue weighted by Crippen LogP contribution is -2.44. The second kappa shape index (κ2) is 9.36. The average molecular weight is 311 g/mol. The largest absolute Gasteiger partial charge is 0.396 e. The molecule has 2 rings (SSSR count). The number of carbonyl (C=O) groups excluding carboxylic acids is 1. The number of urea groups is 1. The standard InChI is InChI=1S/C17H33N3O2/c1-2-20-11-8-14(9-12-20)7-10-18-17(22)19-16-5-3-15(13-21)4-6-16/h14-16,21H,2-13H2,1H3,(H2,18,19,22). The van der Waals surface area contributed by atoms with Crippen LogP contribution >= 0.6 is 0 Å². The zero-order valence-corrected chi connectivity index (χ0v) is 14.0. The minimum Gasteiger partial charge on any atom is -0.396 e. The number of likely N-dealkylation sites (tertiary alicyclic amines) is 1. The molecule has 0 atom stereocenters. The van der Waals surface area contributed by atoms with Crippen LogP contribution in [0.2, 0.25) is 0 Å². The highest BCUT2D eigenvalue weighted by molar-refractivity contribution is 5.74. The van der Waals surface area contributed by atoms with Gasteiger partial charge in [0.2, 0.25) is 0 Å². The Morgan fingerprint density at radius 3 is 2.36 bits per heavy atom. The third-order valence-corrected chi connectivity index (χ3v) is 5.43. The highest BCUT2D eigenvalue weighted by Crippen LogP contribution is 2.23. The van der Waals surface area contributed by atoms with Gasteiger partial charge in [0.15, 0.2) is 0 Å². The molecule has 2 aliphatic rings. The molecule has 2 amide bonds. The number of piperidine rings is 1. The van der Waals surface area contributed by atoms with Crippen LogP contribution in [0.3, 0.4) is 0 Å². The van der Waals surface area contributed by atoms with Crippen molar-refractivity contribution in [2.45, 2.75) is 57.9 Å². The molecule has 5 nitrogen and oxygen atoms in total. The van der Waals surface area contributed by atoms with E-state index in [4.69, 9.17) is 5.11 Å². The monoisotopic (exact) mass is 311 g/mol. The summed E-state index contributed by atoms with van der Waals surface area (Å²) in [6.45, 7) is 6.87. The van der Waals surface area contributed by atoms with Crippen molar-refractivity contribution in [1.82, 2.24) is 15.5 Å². The van der Waals surface area contributed by atoms with Gasteiger partial charge in [0.25, 0.3) is 0 Å². The van der Waals surface area contributed by atoms with Gasteiger partial charge in [0.05, 0.1) is 0 Å². The number of aliphatic hydroxyl groups excluding tert-OH is 1. The number of carbonyl (C=O) groups is 1. The molecule has 2 fully saturated rings. The summed E-state index contributed by atoms with van der Waals surface area (Å²) in [4.78, 5) is 14.4. The van der Waals surface area contributed by atoms with Crippen molar-refractivity contribution in [3.8, 4) is 0 Å². The van der Waals surface area contributed by atoms with Gasteiger partial charge >= 0.3 is 6.03 Å². The first kappa shape index (κ1) is 17.5. The topological polar surface area (TPSA) is 64.6 Å². The Labute approximate surface area is 134 Å². The van der Waals surface area contributed by atoms with Crippen molar-refractivity contribution in [3.05, 3.63) is 0 Å². The predicted molar refractivity (Wildman–Crippen MR) is 88.8 cm³/mol. The maximum atomic E-state index is 11.9. The summed E-state index contributed by atoms with van der Waals surface area (Å²) in [6, 6.07) is 0.272. The molecule has 1 aliphatic heterocycles. The normalized spacial score (nSPS) is 27.5. The van der Waals surface area contributed by atoms with Crippen molar-refractivity contribution in [2.24, 2.45) is 11.8 Å². The van der Waals surface area contributed by atoms with Crippen molar-refractivity contribution < 1.29 is 9.90 Å². The first-order valence-corrected chi connectivity index (χ1v) is 9.08. The van der Waals surface area contributed by atoms with E-state index in [0.717, 1.165) is 51.1 Å². The molecule has 0 radical (unpaired) electrons. The maximum absolute atomic E-state index is 11.9. The molecular weight excluding hydrogens is 278 g/mol. The molecule has 22 heavy (non-hydrogen) atoms. The van der Waals surface area contributed by atoms with Crippen molar-refractivity contribution in [3.63, 3.8) is 0 Å². The second-order valence-electron chi connectivity index (χ2n) is 6.97. The number of amides is 2. The molecule has 0 spiro atoms. The smallest absolute Gasteiger partial charge is 0.315 e. The van der Waals surface area contributed by atoms with Crippen LogP contribution in [0.15, 0.2) is 0 Å². The molecule has 0 bridgehead atoms. The molecule has 0 unspecified atom stereocenters. The third kappa shape index (κ3) is 5.76. The summed E-state index contributed by atoms with van der Waals surface area (Å²) >= 11 is 0. The van der Waals surface area contributed by atoms with E-state index in [1.807, 2.05) is 0 Å². The Kier molecular flexibility index (Phi) is 7.46. The van der Waals surface area contributed by atoms with Gasteiger partial charge in [-0.25, -0.2) is 4.79 Å². The Hall–Kier alpha value is -0.810. The maximum Gasteiger partial charge on any atom is 0.315 e. The summed E-state index contributed by atoms with van der Waals surface area (Å²) in [7, 11) is 0. The number of nitrogens with one attached hydrogen (secondary N) is 2. The van der Waals surface area contributed by atoms with E-state index in [1.54, 1.807) is 0 Å². The summed E-state index contributed by atoms with van der Waals surface area (Å²) < 4.78 is 0. The Morgan fingerprint density at radius 1 is 1.09 bits per heavy atom. The van der Waals surface area contributed by atoms with E-state index >= 15 is 0 Å². The van der Waals surface area contributed by atoms with Gasteiger partial charge in [-0.05, 0) is 76.4 Å². The summed E-state index contributed by atoms with van der Waals surface area (Å²) in [5, 5.41) is 15.2. The number of nitrogens with zero attached hydrogens (tertiary/aromatic N) is 1. The molecule has 3 N–H and O–H groups in total. The van der Waals surface area contributed by atoms with Gasteiger partial charge in [-0.15, -0.1) is 0 Å². The highest BCUT2D eigenvalue weighted by Gasteiger charge is 2.22. The molecule has 1 aliphatic carbocycles. The van der Waals surface area contributed by atoms with E-state index < -0.39 is 0 Å². The molecular formula is C17H33N3O2. The van der Waals surface area contributed by atoms with Crippen molar-refractivity contribution in [2.75, 3.05) is 32.8 Å². The van der Waals surface area contributed by atoms with Crippen LogP contribution in [0, 0.1) is 11.8 Å². The van der Waals surface area contributed by atoms with E-state index in [0.29, 0.717) is 5.92 Å². The van der Waals surface area contributed by atoms with E-state index in [9.17, 15) is 4.79 Å². The minimum absolute atomic E-state index is 0.0153. The number of hydrogen-bond donors (Lipinski definition) is 3. The number of hydrogen-bond acceptors (Lipinski definition) is 3. The summed E-state index contributed by atoms with van der Waals surface area (Å²) in [5.74, 6) is 1.21. The molecule has 1 saturated carbocycles. The quantitative estimate of drug-likeness (QED) is 0.702. The number of aliphatic hydroxyl groups is 1. The molecule has 1 saturated heterocycles. The van der Waals surface area contributed by atoms with Gasteiger partial charge < -0.3 is 20.6 Å². The Morgan fingerprint density at radius 2 is 1.77 bits per heavy atom. The SMILES string of the molecule is CCN1CCC(CCNC(=O)NC2CCC(CO)CC2)CC1. The van der Waals surface area contributed by atoms with Crippen LogP contribution in [0.5, 0.6) is 0 Å². The van der Waals surface area contributed by atoms with Crippen LogP contribution in [-0.2, 0) is 0 Å². The Bertz CT molecular complexity index is 322. The fourth-order valence-electron chi connectivity index (χ4n) is 3.71. The Balaban J connectivity index is 1.53. The van der Waals surface area contributed by atoms with Crippen LogP contribution in [0.25, 0.3) is 0 Å². The highest BCUT2D eigenvalue weighted by atomic mass is 16.3. The van der Waals surface area contributed by atoms with E-state index in [-0.39, 0.29) is 18.7 Å². The van der Waals surface area contributed by atoms with Crippen LogP contribution in [-0.4, -0.2) is 54.9 Å². The van der Waals surface area contributed by atoms with E-state index in [2.05, 4.69) is 22.5 Å². The minimum atomic E-state index is -0.0153. The van der Waals surface area contributed by atoms with Gasteiger partial charge in [-0.3, -0.25) is 0 Å².